The summed E-state index contributed by atoms with van der Waals surface area (Å²) in [4.78, 5) is 2.95. The molecule has 0 spiro atoms. The molecule has 5 aliphatic rings. The minimum atomic E-state index is 0.849. The van der Waals surface area contributed by atoms with E-state index in [1.807, 2.05) is 0 Å². The Morgan fingerprint density at radius 2 is 1.35 bits per heavy atom. The van der Waals surface area contributed by atoms with Crippen LogP contribution in [-0.2, 0) is 0 Å². The highest BCUT2D eigenvalue weighted by Gasteiger charge is 2.56. The lowest BCUT2D eigenvalue weighted by molar-refractivity contribution is 0.115. The van der Waals surface area contributed by atoms with Crippen LogP contribution in [0.2, 0.25) is 0 Å². The maximum absolute atomic E-state index is 2.95. The first-order valence-electron chi connectivity index (χ1n) is 11.7. The van der Waals surface area contributed by atoms with E-state index in [4.69, 9.17) is 0 Å². The molecule has 0 N–H and O–H groups in total. The fourth-order valence-electron chi connectivity index (χ4n) is 8.59. The first kappa shape index (κ1) is 16.0. The highest BCUT2D eigenvalue weighted by Crippen LogP contribution is 2.60. The maximum Gasteiger partial charge on any atom is 0.0371 e. The molecule has 5 fully saturated rings. The van der Waals surface area contributed by atoms with E-state index in [1.54, 1.807) is 25.7 Å². The van der Waals surface area contributed by atoms with Crippen LogP contribution in [0.1, 0.15) is 70.6 Å². The van der Waals surface area contributed by atoms with Gasteiger partial charge in [-0.2, -0.15) is 0 Å². The molecule has 4 aliphatic carbocycles. The Balaban J connectivity index is 1.34. The Bertz CT molecular complexity index is 639. The Morgan fingerprint density at radius 1 is 0.577 bits per heavy atom. The lowest BCUT2D eigenvalue weighted by Gasteiger charge is -2.42. The number of fused-ring (bicyclic) bond motifs is 6. The van der Waals surface area contributed by atoms with Crippen molar-refractivity contribution in [1.29, 1.82) is 0 Å². The molecule has 8 unspecified atom stereocenters. The zero-order chi connectivity index (χ0) is 17.1. The Labute approximate surface area is 159 Å². The van der Waals surface area contributed by atoms with Gasteiger partial charge in [-0.05, 0) is 86.2 Å². The van der Waals surface area contributed by atoms with E-state index >= 15 is 0 Å². The number of nitrogens with zero attached hydrogens (tertiary/aromatic N) is 1. The summed E-state index contributed by atoms with van der Waals surface area (Å²) < 4.78 is 0. The average molecular weight is 350 g/mol. The third-order valence-electron chi connectivity index (χ3n) is 9.41. The van der Waals surface area contributed by atoms with Crippen LogP contribution in [0.4, 0.5) is 5.69 Å². The molecule has 0 aromatic heterocycles. The normalized spacial score (nSPS) is 47.0. The quantitative estimate of drug-likeness (QED) is 0.576. The summed E-state index contributed by atoms with van der Waals surface area (Å²) in [5.74, 6) is 6.36. The number of benzene rings is 1. The molecule has 8 atom stereocenters. The van der Waals surface area contributed by atoms with E-state index < -0.39 is 0 Å². The molecule has 1 aromatic rings. The Kier molecular flexibility index (Phi) is 3.87. The standard InChI is InChI=1S/C25H35N/c1-2-9-19(10-3-1)26-24-13-7-6-12-21(24)23-16-22-18(15-25(23)26)14-17-8-4-5-11-20(17)22/h1-3,9-10,17-18,20-25H,4-8,11-16H2. The van der Waals surface area contributed by atoms with Gasteiger partial charge in [-0.1, -0.05) is 50.3 Å². The van der Waals surface area contributed by atoms with Gasteiger partial charge in [-0.25, -0.2) is 0 Å². The summed E-state index contributed by atoms with van der Waals surface area (Å²) in [7, 11) is 0. The average Bonchev–Trinajstić information content (AvgIpc) is 3.22. The number of hydrogen-bond acceptors (Lipinski definition) is 1. The van der Waals surface area contributed by atoms with Crippen molar-refractivity contribution in [3.05, 3.63) is 30.3 Å². The molecule has 4 saturated carbocycles. The molecule has 1 nitrogen and oxygen atoms in total. The Hall–Kier alpha value is -0.980. The zero-order valence-corrected chi connectivity index (χ0v) is 16.2. The highest BCUT2D eigenvalue weighted by molar-refractivity contribution is 5.51. The fraction of sp³-hybridized carbons (Fsp3) is 0.760. The van der Waals surface area contributed by atoms with E-state index in [2.05, 4.69) is 35.2 Å². The van der Waals surface area contributed by atoms with Crippen LogP contribution in [0, 0.1) is 35.5 Å². The monoisotopic (exact) mass is 349 g/mol. The molecule has 0 radical (unpaired) electrons. The lowest BCUT2D eigenvalue weighted by atomic mass is 9.65. The van der Waals surface area contributed by atoms with Gasteiger partial charge in [-0.15, -0.1) is 0 Å². The van der Waals surface area contributed by atoms with Gasteiger partial charge >= 0.3 is 0 Å². The summed E-state index contributed by atoms with van der Waals surface area (Å²) >= 11 is 0. The van der Waals surface area contributed by atoms with Gasteiger partial charge in [0.15, 0.2) is 0 Å². The molecule has 0 bridgehead atoms. The van der Waals surface area contributed by atoms with Crippen LogP contribution in [-0.4, -0.2) is 12.1 Å². The number of anilines is 1. The topological polar surface area (TPSA) is 3.24 Å². The fourth-order valence-corrected chi connectivity index (χ4v) is 8.59. The maximum atomic E-state index is 2.95. The predicted octanol–water partition coefficient (Wildman–Crippen LogP) is 6.29. The van der Waals surface area contributed by atoms with Crippen molar-refractivity contribution in [2.24, 2.45) is 35.5 Å². The van der Waals surface area contributed by atoms with Crippen molar-refractivity contribution in [2.75, 3.05) is 4.90 Å². The molecule has 1 aromatic carbocycles. The molecular formula is C25H35N. The van der Waals surface area contributed by atoms with Crippen molar-refractivity contribution in [3.63, 3.8) is 0 Å². The number of hydrogen-bond donors (Lipinski definition) is 0. The second kappa shape index (κ2) is 6.28. The second-order valence-electron chi connectivity index (χ2n) is 10.3. The van der Waals surface area contributed by atoms with Crippen molar-refractivity contribution in [3.8, 4) is 0 Å². The summed E-state index contributed by atoms with van der Waals surface area (Å²) in [6.45, 7) is 0. The summed E-state index contributed by atoms with van der Waals surface area (Å²) in [6.07, 6.45) is 16.8. The SMILES string of the molecule is c1ccc(N2C3CCCCC3C3CC4C(CC5CCCCC54)CC32)cc1. The van der Waals surface area contributed by atoms with Crippen LogP contribution in [0.3, 0.4) is 0 Å². The van der Waals surface area contributed by atoms with Gasteiger partial charge in [-0.3, -0.25) is 0 Å². The van der Waals surface area contributed by atoms with Crippen molar-refractivity contribution in [1.82, 2.24) is 0 Å². The smallest absolute Gasteiger partial charge is 0.0371 e. The molecule has 0 amide bonds. The highest BCUT2D eigenvalue weighted by atomic mass is 15.2. The summed E-state index contributed by atoms with van der Waals surface area (Å²) in [5.41, 5.74) is 1.53. The van der Waals surface area contributed by atoms with Gasteiger partial charge in [0.25, 0.3) is 0 Å². The van der Waals surface area contributed by atoms with E-state index in [0.29, 0.717) is 0 Å². The summed E-state index contributed by atoms with van der Waals surface area (Å²) in [6, 6.07) is 13.2. The molecular weight excluding hydrogens is 314 g/mol. The molecule has 6 rings (SSSR count). The molecule has 26 heavy (non-hydrogen) atoms. The van der Waals surface area contributed by atoms with Crippen LogP contribution in [0.25, 0.3) is 0 Å². The number of para-hydroxylation sites is 1. The number of rotatable bonds is 1. The second-order valence-corrected chi connectivity index (χ2v) is 10.3. The first-order chi connectivity index (χ1) is 12.9. The van der Waals surface area contributed by atoms with E-state index in [-0.39, 0.29) is 0 Å². The van der Waals surface area contributed by atoms with E-state index in [1.165, 1.54) is 50.6 Å². The van der Waals surface area contributed by atoms with Gasteiger partial charge in [0.2, 0.25) is 0 Å². The summed E-state index contributed by atoms with van der Waals surface area (Å²) in [5, 5.41) is 0. The van der Waals surface area contributed by atoms with Gasteiger partial charge in [0.05, 0.1) is 0 Å². The molecule has 1 aliphatic heterocycles. The zero-order valence-electron chi connectivity index (χ0n) is 16.2. The largest absolute Gasteiger partial charge is 0.365 e. The van der Waals surface area contributed by atoms with Crippen LogP contribution in [0.5, 0.6) is 0 Å². The molecule has 1 saturated heterocycles. The van der Waals surface area contributed by atoms with E-state index in [0.717, 1.165) is 47.6 Å². The van der Waals surface area contributed by atoms with Crippen LogP contribution in [0.15, 0.2) is 30.3 Å². The van der Waals surface area contributed by atoms with Gasteiger partial charge in [0.1, 0.15) is 0 Å². The first-order valence-corrected chi connectivity index (χ1v) is 11.7. The third-order valence-corrected chi connectivity index (χ3v) is 9.41. The van der Waals surface area contributed by atoms with Crippen LogP contribution < -0.4 is 4.90 Å². The predicted molar refractivity (Wildman–Crippen MR) is 108 cm³/mol. The van der Waals surface area contributed by atoms with Crippen molar-refractivity contribution in [2.45, 2.75) is 82.7 Å². The lowest BCUT2D eigenvalue weighted by Crippen LogP contribution is -2.43. The molecule has 140 valence electrons. The van der Waals surface area contributed by atoms with E-state index in [9.17, 15) is 0 Å². The molecule has 1 heteroatoms. The molecule has 1 heterocycles. The Morgan fingerprint density at radius 3 is 2.23 bits per heavy atom. The van der Waals surface area contributed by atoms with Gasteiger partial charge in [0, 0.05) is 17.8 Å². The van der Waals surface area contributed by atoms with Crippen LogP contribution >= 0.6 is 0 Å². The minimum absolute atomic E-state index is 0.849. The van der Waals surface area contributed by atoms with Crippen molar-refractivity contribution >= 4 is 5.69 Å². The third kappa shape index (κ3) is 2.34. The minimum Gasteiger partial charge on any atom is -0.365 e. The van der Waals surface area contributed by atoms with Gasteiger partial charge < -0.3 is 4.90 Å². The van der Waals surface area contributed by atoms with Crippen molar-refractivity contribution < 1.29 is 0 Å².